The van der Waals surface area contributed by atoms with Crippen LogP contribution in [0.15, 0.2) is 48.5 Å². The summed E-state index contributed by atoms with van der Waals surface area (Å²) in [7, 11) is 0. The maximum Gasteiger partial charge on any atom is 0.274 e. The first-order chi connectivity index (χ1) is 13.0. The van der Waals surface area contributed by atoms with Crippen LogP contribution in [0.25, 0.3) is 0 Å². The fourth-order valence-corrected chi connectivity index (χ4v) is 2.57. The highest BCUT2D eigenvalue weighted by Crippen LogP contribution is 2.19. The Bertz CT molecular complexity index is 1050. The molecule has 0 saturated heterocycles. The van der Waals surface area contributed by atoms with E-state index in [2.05, 4.69) is 26.7 Å². The molecule has 6 nitrogen and oxygen atoms in total. The number of carbonyl (C=O) groups excluding carboxylic acids is 1. The summed E-state index contributed by atoms with van der Waals surface area (Å²) in [6.45, 7) is 5.80. The number of aromatic nitrogens is 2. The van der Waals surface area contributed by atoms with Gasteiger partial charge in [-0.25, -0.2) is 9.97 Å². The number of carbonyl (C=O) groups is 1. The summed E-state index contributed by atoms with van der Waals surface area (Å²) in [5.74, 6) is -0.0525. The lowest BCUT2D eigenvalue weighted by Gasteiger charge is -2.10. The zero-order chi connectivity index (χ0) is 19.4. The molecule has 134 valence electrons. The van der Waals surface area contributed by atoms with E-state index in [1.165, 1.54) is 0 Å². The van der Waals surface area contributed by atoms with Crippen molar-refractivity contribution in [1.82, 2.24) is 9.97 Å². The van der Waals surface area contributed by atoms with Gasteiger partial charge in [0.15, 0.2) is 0 Å². The number of nitriles is 1. The zero-order valence-electron chi connectivity index (χ0n) is 15.4. The van der Waals surface area contributed by atoms with Crippen molar-refractivity contribution < 1.29 is 4.79 Å². The van der Waals surface area contributed by atoms with E-state index >= 15 is 0 Å². The maximum absolute atomic E-state index is 12.6. The van der Waals surface area contributed by atoms with E-state index in [4.69, 9.17) is 0 Å². The first kappa shape index (κ1) is 18.1. The number of nitrogens with one attached hydrogen (secondary N) is 2. The van der Waals surface area contributed by atoms with Crippen molar-refractivity contribution in [1.29, 1.82) is 5.26 Å². The van der Waals surface area contributed by atoms with Crippen molar-refractivity contribution in [2.75, 3.05) is 10.6 Å². The van der Waals surface area contributed by atoms with Gasteiger partial charge in [-0.05, 0) is 62.2 Å². The quantitative estimate of drug-likeness (QED) is 0.728. The molecule has 3 aromatic rings. The van der Waals surface area contributed by atoms with Crippen molar-refractivity contribution in [3.8, 4) is 6.07 Å². The molecule has 1 heterocycles. The number of benzene rings is 2. The molecule has 0 aliphatic rings. The lowest BCUT2D eigenvalue weighted by molar-refractivity contribution is 0.102. The topological polar surface area (TPSA) is 90.7 Å². The molecule has 0 unspecified atom stereocenters. The largest absolute Gasteiger partial charge is 0.323 e. The normalized spacial score (nSPS) is 10.1. The molecule has 6 heteroatoms. The van der Waals surface area contributed by atoms with Crippen molar-refractivity contribution in [3.63, 3.8) is 0 Å². The average Bonchev–Trinajstić information content (AvgIpc) is 2.64. The third-order valence-corrected chi connectivity index (χ3v) is 4.15. The van der Waals surface area contributed by atoms with Crippen LogP contribution >= 0.6 is 0 Å². The fourth-order valence-electron chi connectivity index (χ4n) is 2.57. The van der Waals surface area contributed by atoms with Crippen molar-refractivity contribution in [2.24, 2.45) is 0 Å². The Kier molecular flexibility index (Phi) is 5.13. The molecule has 1 aromatic heterocycles. The number of anilines is 3. The van der Waals surface area contributed by atoms with Gasteiger partial charge in [0.2, 0.25) is 5.95 Å². The number of rotatable bonds is 4. The highest BCUT2D eigenvalue weighted by Gasteiger charge is 2.12. The van der Waals surface area contributed by atoms with Gasteiger partial charge in [0, 0.05) is 11.4 Å². The predicted octanol–water partition coefficient (Wildman–Crippen LogP) is 4.27. The van der Waals surface area contributed by atoms with Crippen molar-refractivity contribution >= 4 is 23.2 Å². The molecule has 2 N–H and O–H groups in total. The van der Waals surface area contributed by atoms with Gasteiger partial charge in [0.25, 0.3) is 5.91 Å². The molecule has 0 radical (unpaired) electrons. The Morgan fingerprint density at radius 2 is 1.78 bits per heavy atom. The second-order valence-electron chi connectivity index (χ2n) is 6.25. The smallest absolute Gasteiger partial charge is 0.274 e. The number of hydrogen-bond acceptors (Lipinski definition) is 5. The fraction of sp³-hybridized carbons (Fsp3) is 0.143. The van der Waals surface area contributed by atoms with Crippen LogP contribution in [-0.2, 0) is 0 Å². The van der Waals surface area contributed by atoms with Crippen LogP contribution in [0.5, 0.6) is 0 Å². The molecule has 1 amide bonds. The summed E-state index contributed by atoms with van der Waals surface area (Å²) in [5.41, 5.74) is 4.93. The SMILES string of the molecule is Cc1cc(C(=O)Nc2ccc(C)c(C)c2)nc(Nc2ccccc2C#N)n1. The molecule has 0 aliphatic carbocycles. The summed E-state index contributed by atoms with van der Waals surface area (Å²) in [4.78, 5) is 21.2. The van der Waals surface area contributed by atoms with Gasteiger partial charge < -0.3 is 10.6 Å². The highest BCUT2D eigenvalue weighted by atomic mass is 16.1. The molecule has 27 heavy (non-hydrogen) atoms. The molecule has 0 fully saturated rings. The third-order valence-electron chi connectivity index (χ3n) is 4.15. The zero-order valence-corrected chi connectivity index (χ0v) is 15.4. The summed E-state index contributed by atoms with van der Waals surface area (Å²) in [6, 6.07) is 16.5. The molecule has 0 spiro atoms. The van der Waals surface area contributed by atoms with Crippen LogP contribution in [0.1, 0.15) is 32.9 Å². The lowest BCUT2D eigenvalue weighted by atomic mass is 10.1. The average molecular weight is 357 g/mol. The molecule has 2 aromatic carbocycles. The monoisotopic (exact) mass is 357 g/mol. The summed E-state index contributed by atoms with van der Waals surface area (Å²) < 4.78 is 0. The molecule has 0 saturated carbocycles. The van der Waals surface area contributed by atoms with E-state index in [0.29, 0.717) is 22.6 Å². The van der Waals surface area contributed by atoms with Crippen molar-refractivity contribution in [2.45, 2.75) is 20.8 Å². The Morgan fingerprint density at radius 1 is 1.00 bits per heavy atom. The van der Waals surface area contributed by atoms with E-state index in [0.717, 1.165) is 11.1 Å². The Hall–Kier alpha value is -3.72. The molecule has 0 atom stereocenters. The van der Waals surface area contributed by atoms with Gasteiger partial charge in [-0.3, -0.25) is 4.79 Å². The molecule has 0 bridgehead atoms. The minimum absolute atomic E-state index is 0.248. The van der Waals surface area contributed by atoms with Crippen LogP contribution < -0.4 is 10.6 Å². The molecule has 3 rings (SSSR count). The van der Waals surface area contributed by atoms with Crippen LogP contribution in [0.3, 0.4) is 0 Å². The van der Waals surface area contributed by atoms with E-state index in [1.54, 1.807) is 31.2 Å². The van der Waals surface area contributed by atoms with Gasteiger partial charge in [0.1, 0.15) is 11.8 Å². The van der Waals surface area contributed by atoms with E-state index in [9.17, 15) is 10.1 Å². The van der Waals surface area contributed by atoms with Crippen molar-refractivity contribution in [3.05, 3.63) is 76.6 Å². The predicted molar refractivity (Wildman–Crippen MR) is 105 cm³/mol. The first-order valence-corrected chi connectivity index (χ1v) is 8.46. The summed E-state index contributed by atoms with van der Waals surface area (Å²) >= 11 is 0. The number of para-hydroxylation sites is 1. The van der Waals surface area contributed by atoms with Gasteiger partial charge in [0.05, 0.1) is 11.3 Å². The van der Waals surface area contributed by atoms with Gasteiger partial charge in [-0.1, -0.05) is 18.2 Å². The lowest BCUT2D eigenvalue weighted by Crippen LogP contribution is -2.15. The van der Waals surface area contributed by atoms with Gasteiger partial charge >= 0.3 is 0 Å². The second-order valence-corrected chi connectivity index (χ2v) is 6.25. The maximum atomic E-state index is 12.6. The number of nitrogens with zero attached hydrogens (tertiary/aromatic N) is 3. The Morgan fingerprint density at radius 3 is 2.52 bits per heavy atom. The number of hydrogen-bond donors (Lipinski definition) is 2. The van der Waals surface area contributed by atoms with E-state index in [1.807, 2.05) is 38.1 Å². The first-order valence-electron chi connectivity index (χ1n) is 8.46. The number of amides is 1. The van der Waals surface area contributed by atoms with Crippen LogP contribution in [0.4, 0.5) is 17.3 Å². The van der Waals surface area contributed by atoms with E-state index in [-0.39, 0.29) is 17.5 Å². The van der Waals surface area contributed by atoms with Gasteiger partial charge in [-0.15, -0.1) is 0 Å². The molecular formula is C21H19N5O. The highest BCUT2D eigenvalue weighted by molar-refractivity contribution is 6.03. The summed E-state index contributed by atoms with van der Waals surface area (Å²) in [5, 5.41) is 15.1. The second kappa shape index (κ2) is 7.67. The third kappa shape index (κ3) is 4.28. The summed E-state index contributed by atoms with van der Waals surface area (Å²) in [6.07, 6.45) is 0. The number of aryl methyl sites for hydroxylation is 3. The van der Waals surface area contributed by atoms with Crippen LogP contribution in [-0.4, -0.2) is 15.9 Å². The standard InChI is InChI=1S/C21H19N5O/c1-13-8-9-17(10-14(13)2)24-20(27)19-11-15(3)23-21(26-19)25-18-7-5-4-6-16(18)12-22/h4-11H,1-3H3,(H,24,27)(H,23,25,26). The molecular weight excluding hydrogens is 338 g/mol. The van der Waals surface area contributed by atoms with E-state index < -0.39 is 0 Å². The Balaban J connectivity index is 1.85. The van der Waals surface area contributed by atoms with Crippen LogP contribution in [0.2, 0.25) is 0 Å². The minimum atomic E-state index is -0.319. The Labute approximate surface area is 157 Å². The molecule has 0 aliphatic heterocycles. The minimum Gasteiger partial charge on any atom is -0.323 e. The van der Waals surface area contributed by atoms with Crippen LogP contribution in [0, 0.1) is 32.1 Å². The van der Waals surface area contributed by atoms with Gasteiger partial charge in [-0.2, -0.15) is 5.26 Å².